The monoisotopic (exact) mass is 259 g/mol. The first-order chi connectivity index (χ1) is 9.29. The van der Waals surface area contributed by atoms with Crippen molar-refractivity contribution >= 4 is 5.91 Å². The normalized spacial score (nSPS) is 17.7. The van der Waals surface area contributed by atoms with Gasteiger partial charge in [0, 0.05) is 12.2 Å². The SMILES string of the molecule is C#CCNC(=O)c1cccc(OCC2CCCO2)c1. The second-order valence-corrected chi connectivity index (χ2v) is 4.36. The molecule has 1 fully saturated rings. The van der Waals surface area contributed by atoms with Gasteiger partial charge < -0.3 is 14.8 Å². The second-order valence-electron chi connectivity index (χ2n) is 4.36. The molecule has 1 aliphatic heterocycles. The molecule has 0 aromatic heterocycles. The zero-order valence-electron chi connectivity index (χ0n) is 10.7. The van der Waals surface area contributed by atoms with E-state index in [0.717, 1.165) is 19.4 Å². The summed E-state index contributed by atoms with van der Waals surface area (Å²) >= 11 is 0. The van der Waals surface area contributed by atoms with E-state index in [1.807, 2.05) is 6.07 Å². The molecule has 0 saturated carbocycles. The molecule has 1 saturated heterocycles. The standard InChI is InChI=1S/C15H17NO3/c1-2-8-16-15(17)12-5-3-6-13(10-12)19-11-14-7-4-9-18-14/h1,3,5-6,10,14H,4,7-9,11H2,(H,16,17). The highest BCUT2D eigenvalue weighted by molar-refractivity contribution is 5.94. The number of benzene rings is 1. The molecule has 19 heavy (non-hydrogen) atoms. The molecule has 1 aliphatic rings. The lowest BCUT2D eigenvalue weighted by molar-refractivity contribution is 0.0679. The van der Waals surface area contributed by atoms with Crippen LogP contribution in [0.4, 0.5) is 0 Å². The summed E-state index contributed by atoms with van der Waals surface area (Å²) in [6.45, 7) is 1.55. The van der Waals surface area contributed by atoms with Crippen molar-refractivity contribution in [2.45, 2.75) is 18.9 Å². The van der Waals surface area contributed by atoms with Gasteiger partial charge in [-0.3, -0.25) is 4.79 Å². The Hall–Kier alpha value is -1.99. The molecule has 0 bridgehead atoms. The highest BCUT2D eigenvalue weighted by Crippen LogP contribution is 2.17. The van der Waals surface area contributed by atoms with Crippen LogP contribution in [-0.4, -0.2) is 31.8 Å². The zero-order chi connectivity index (χ0) is 13.5. The number of amides is 1. The fraction of sp³-hybridized carbons (Fsp3) is 0.400. The van der Waals surface area contributed by atoms with Gasteiger partial charge in [-0.1, -0.05) is 12.0 Å². The van der Waals surface area contributed by atoms with Crippen LogP contribution in [0.3, 0.4) is 0 Å². The maximum Gasteiger partial charge on any atom is 0.252 e. The van der Waals surface area contributed by atoms with Crippen molar-refractivity contribution in [3.8, 4) is 18.1 Å². The van der Waals surface area contributed by atoms with E-state index in [4.69, 9.17) is 15.9 Å². The van der Waals surface area contributed by atoms with Gasteiger partial charge in [0.05, 0.1) is 12.6 Å². The number of terminal acetylenes is 1. The Morgan fingerprint density at radius 2 is 2.47 bits per heavy atom. The van der Waals surface area contributed by atoms with Crippen molar-refractivity contribution in [3.63, 3.8) is 0 Å². The van der Waals surface area contributed by atoms with Crippen LogP contribution in [0.1, 0.15) is 23.2 Å². The molecular formula is C15H17NO3. The molecular weight excluding hydrogens is 242 g/mol. The van der Waals surface area contributed by atoms with Crippen LogP contribution in [0.25, 0.3) is 0 Å². The maximum absolute atomic E-state index is 11.7. The van der Waals surface area contributed by atoms with E-state index in [2.05, 4.69) is 11.2 Å². The van der Waals surface area contributed by atoms with Gasteiger partial charge in [-0.25, -0.2) is 0 Å². The lowest BCUT2D eigenvalue weighted by Gasteiger charge is -2.12. The summed E-state index contributed by atoms with van der Waals surface area (Å²) in [4.78, 5) is 11.7. The third kappa shape index (κ3) is 4.01. The van der Waals surface area contributed by atoms with Crippen molar-refractivity contribution < 1.29 is 14.3 Å². The first-order valence-corrected chi connectivity index (χ1v) is 6.35. The van der Waals surface area contributed by atoms with Crippen LogP contribution in [0.5, 0.6) is 5.75 Å². The molecule has 0 aliphatic carbocycles. The largest absolute Gasteiger partial charge is 0.491 e. The van der Waals surface area contributed by atoms with Gasteiger partial charge >= 0.3 is 0 Å². The fourth-order valence-electron chi connectivity index (χ4n) is 1.93. The van der Waals surface area contributed by atoms with E-state index in [1.54, 1.807) is 18.2 Å². The number of nitrogens with one attached hydrogen (secondary N) is 1. The summed E-state index contributed by atoms with van der Waals surface area (Å²) in [5.41, 5.74) is 0.542. The van der Waals surface area contributed by atoms with Gasteiger partial charge in [-0.15, -0.1) is 6.42 Å². The van der Waals surface area contributed by atoms with Crippen molar-refractivity contribution in [2.24, 2.45) is 0 Å². The maximum atomic E-state index is 11.7. The van der Waals surface area contributed by atoms with Gasteiger partial charge in [-0.2, -0.15) is 0 Å². The van der Waals surface area contributed by atoms with Crippen LogP contribution in [0.2, 0.25) is 0 Å². The van der Waals surface area contributed by atoms with E-state index >= 15 is 0 Å². The fourth-order valence-corrected chi connectivity index (χ4v) is 1.93. The molecule has 1 N–H and O–H groups in total. The molecule has 1 unspecified atom stereocenters. The summed E-state index contributed by atoms with van der Waals surface area (Å²) in [5, 5.41) is 2.62. The third-order valence-corrected chi connectivity index (χ3v) is 2.91. The molecule has 0 spiro atoms. The number of carbonyl (C=O) groups is 1. The summed E-state index contributed by atoms with van der Waals surface area (Å²) in [6, 6.07) is 7.05. The molecule has 1 atom stereocenters. The predicted octanol–water partition coefficient (Wildman–Crippen LogP) is 1.61. The molecule has 4 heteroatoms. The smallest absolute Gasteiger partial charge is 0.252 e. The summed E-state index contributed by atoms with van der Waals surface area (Å²) in [5.74, 6) is 2.84. The number of carbonyl (C=O) groups excluding carboxylic acids is 1. The van der Waals surface area contributed by atoms with Crippen molar-refractivity contribution in [1.82, 2.24) is 5.32 Å². The topological polar surface area (TPSA) is 47.6 Å². The Kier molecular flexibility index (Phi) is 4.82. The van der Waals surface area contributed by atoms with Gasteiger partial charge in [0.1, 0.15) is 12.4 Å². The van der Waals surface area contributed by atoms with E-state index in [1.165, 1.54) is 0 Å². The Labute approximate surface area is 113 Å². The number of rotatable bonds is 5. The Morgan fingerprint density at radius 1 is 1.58 bits per heavy atom. The summed E-state index contributed by atoms with van der Waals surface area (Å²) in [7, 11) is 0. The average molecular weight is 259 g/mol. The van der Waals surface area contributed by atoms with Crippen LogP contribution >= 0.6 is 0 Å². The molecule has 1 amide bonds. The number of ether oxygens (including phenoxy) is 2. The van der Waals surface area contributed by atoms with Crippen LogP contribution in [0, 0.1) is 12.3 Å². The molecule has 4 nitrogen and oxygen atoms in total. The van der Waals surface area contributed by atoms with E-state index < -0.39 is 0 Å². The minimum atomic E-state index is -0.194. The lowest BCUT2D eigenvalue weighted by Crippen LogP contribution is -2.23. The van der Waals surface area contributed by atoms with E-state index in [9.17, 15) is 4.79 Å². The number of hydrogen-bond acceptors (Lipinski definition) is 3. The summed E-state index contributed by atoms with van der Waals surface area (Å²) in [6.07, 6.45) is 7.38. The molecule has 100 valence electrons. The quantitative estimate of drug-likeness (QED) is 0.817. The van der Waals surface area contributed by atoms with E-state index in [0.29, 0.717) is 17.9 Å². The third-order valence-electron chi connectivity index (χ3n) is 2.91. The number of hydrogen-bond donors (Lipinski definition) is 1. The van der Waals surface area contributed by atoms with Gasteiger partial charge in [0.25, 0.3) is 5.91 Å². The Morgan fingerprint density at radius 3 is 3.21 bits per heavy atom. The molecule has 0 radical (unpaired) electrons. The molecule has 1 aromatic rings. The summed E-state index contributed by atoms with van der Waals surface area (Å²) < 4.78 is 11.1. The highest BCUT2D eigenvalue weighted by atomic mass is 16.5. The first-order valence-electron chi connectivity index (χ1n) is 6.35. The van der Waals surface area contributed by atoms with Crippen LogP contribution in [-0.2, 0) is 4.74 Å². The lowest BCUT2D eigenvalue weighted by atomic mass is 10.2. The minimum Gasteiger partial charge on any atom is -0.491 e. The van der Waals surface area contributed by atoms with Crippen molar-refractivity contribution in [1.29, 1.82) is 0 Å². The molecule has 2 rings (SSSR count). The van der Waals surface area contributed by atoms with Crippen molar-refractivity contribution in [2.75, 3.05) is 19.8 Å². The minimum absolute atomic E-state index is 0.166. The molecule has 1 aromatic carbocycles. The van der Waals surface area contributed by atoms with E-state index in [-0.39, 0.29) is 18.6 Å². The highest BCUT2D eigenvalue weighted by Gasteiger charge is 2.16. The van der Waals surface area contributed by atoms with Crippen LogP contribution in [0.15, 0.2) is 24.3 Å². The zero-order valence-corrected chi connectivity index (χ0v) is 10.7. The second kappa shape index (κ2) is 6.81. The molecule has 1 heterocycles. The Balaban J connectivity index is 1.90. The average Bonchev–Trinajstić information content (AvgIpc) is 2.96. The van der Waals surface area contributed by atoms with Crippen LogP contribution < -0.4 is 10.1 Å². The van der Waals surface area contributed by atoms with Gasteiger partial charge in [0.15, 0.2) is 0 Å². The van der Waals surface area contributed by atoms with Crippen molar-refractivity contribution in [3.05, 3.63) is 29.8 Å². The first kappa shape index (κ1) is 13.4. The predicted molar refractivity (Wildman–Crippen MR) is 72.1 cm³/mol. The Bertz CT molecular complexity index is 473. The van der Waals surface area contributed by atoms with Gasteiger partial charge in [-0.05, 0) is 31.0 Å². The van der Waals surface area contributed by atoms with Gasteiger partial charge in [0.2, 0.25) is 0 Å².